The van der Waals surface area contributed by atoms with Gasteiger partial charge in [0.05, 0.1) is 18.0 Å². The van der Waals surface area contributed by atoms with Crippen LogP contribution in [0.2, 0.25) is 0 Å². The molecule has 92 valence electrons. The molecule has 0 unspecified atom stereocenters. The van der Waals surface area contributed by atoms with Gasteiger partial charge in [-0.05, 0) is 19.9 Å². The Hall–Kier alpha value is -0.880. The maximum Gasteiger partial charge on any atom is 0.148 e. The SMILES string of the molecule is Cc1cc(C)n(CCNCCS(C)(=O)=O)n1. The second-order valence-electron chi connectivity index (χ2n) is 4.03. The fourth-order valence-electron chi connectivity index (χ4n) is 1.47. The fourth-order valence-corrected chi connectivity index (χ4v) is 1.98. The topological polar surface area (TPSA) is 64.0 Å². The Balaban J connectivity index is 2.24. The third kappa shape index (κ3) is 4.76. The summed E-state index contributed by atoms with van der Waals surface area (Å²) in [6.07, 6.45) is 1.25. The lowest BCUT2D eigenvalue weighted by Crippen LogP contribution is -2.26. The lowest BCUT2D eigenvalue weighted by molar-refractivity contribution is 0.548. The van der Waals surface area contributed by atoms with E-state index >= 15 is 0 Å². The Morgan fingerprint density at radius 3 is 2.56 bits per heavy atom. The van der Waals surface area contributed by atoms with E-state index in [1.165, 1.54) is 6.26 Å². The van der Waals surface area contributed by atoms with Gasteiger partial charge in [-0.1, -0.05) is 0 Å². The van der Waals surface area contributed by atoms with Crippen LogP contribution in [0.4, 0.5) is 0 Å². The normalized spacial score (nSPS) is 11.9. The number of nitrogens with zero attached hydrogens (tertiary/aromatic N) is 2. The molecule has 5 nitrogen and oxygen atoms in total. The van der Waals surface area contributed by atoms with Crippen molar-refractivity contribution in [3.05, 3.63) is 17.5 Å². The van der Waals surface area contributed by atoms with Crippen LogP contribution in [0.15, 0.2) is 6.07 Å². The highest BCUT2D eigenvalue weighted by Gasteiger charge is 2.02. The van der Waals surface area contributed by atoms with Gasteiger partial charge in [0.15, 0.2) is 0 Å². The molecule has 1 rings (SSSR count). The number of sulfone groups is 1. The minimum absolute atomic E-state index is 0.185. The van der Waals surface area contributed by atoms with Crippen LogP contribution in [0.25, 0.3) is 0 Å². The van der Waals surface area contributed by atoms with E-state index in [0.717, 1.165) is 24.5 Å². The minimum atomic E-state index is -2.86. The standard InChI is InChI=1S/C10H19N3O2S/c1-9-8-10(2)13(12-9)6-4-11-5-7-16(3,14)15/h8,11H,4-7H2,1-3H3. The smallest absolute Gasteiger partial charge is 0.148 e. The van der Waals surface area contributed by atoms with Crippen molar-refractivity contribution in [2.24, 2.45) is 0 Å². The largest absolute Gasteiger partial charge is 0.314 e. The first-order chi connectivity index (χ1) is 7.38. The number of aryl methyl sites for hydroxylation is 2. The first-order valence-corrected chi connectivity index (χ1v) is 7.34. The van der Waals surface area contributed by atoms with E-state index in [-0.39, 0.29) is 5.75 Å². The molecule has 0 atom stereocenters. The molecule has 0 aromatic carbocycles. The molecule has 0 aliphatic rings. The van der Waals surface area contributed by atoms with E-state index in [1.54, 1.807) is 0 Å². The third-order valence-electron chi connectivity index (χ3n) is 2.25. The molecule has 0 radical (unpaired) electrons. The van der Waals surface area contributed by atoms with Gasteiger partial charge in [0.2, 0.25) is 0 Å². The molecule has 0 amide bonds. The summed E-state index contributed by atoms with van der Waals surface area (Å²) in [6.45, 7) is 5.97. The van der Waals surface area contributed by atoms with Crippen molar-refractivity contribution in [2.75, 3.05) is 25.1 Å². The monoisotopic (exact) mass is 245 g/mol. The summed E-state index contributed by atoms with van der Waals surface area (Å²) in [5, 5.41) is 7.40. The lowest BCUT2D eigenvalue weighted by Gasteiger charge is -2.05. The molecule has 1 N–H and O–H groups in total. The second-order valence-corrected chi connectivity index (χ2v) is 6.29. The van der Waals surface area contributed by atoms with Crippen LogP contribution in [0.3, 0.4) is 0 Å². The average Bonchev–Trinajstić information content (AvgIpc) is 2.42. The summed E-state index contributed by atoms with van der Waals surface area (Å²) < 4.78 is 23.6. The molecule has 1 heterocycles. The van der Waals surface area contributed by atoms with Crippen LogP contribution in [0, 0.1) is 13.8 Å². The van der Waals surface area contributed by atoms with E-state index in [2.05, 4.69) is 10.4 Å². The second kappa shape index (κ2) is 5.45. The van der Waals surface area contributed by atoms with Gasteiger partial charge in [0.1, 0.15) is 9.84 Å². The van der Waals surface area contributed by atoms with Crippen LogP contribution in [-0.4, -0.2) is 43.3 Å². The first kappa shape index (κ1) is 13.2. The maximum atomic E-state index is 10.9. The number of rotatable bonds is 6. The Morgan fingerprint density at radius 2 is 2.06 bits per heavy atom. The predicted octanol–water partition coefficient (Wildman–Crippen LogP) is 0.134. The van der Waals surface area contributed by atoms with Crippen LogP contribution in [0.5, 0.6) is 0 Å². The van der Waals surface area contributed by atoms with Crippen molar-refractivity contribution in [1.82, 2.24) is 15.1 Å². The van der Waals surface area contributed by atoms with E-state index in [1.807, 2.05) is 24.6 Å². The molecule has 0 bridgehead atoms. The van der Waals surface area contributed by atoms with Crippen molar-refractivity contribution >= 4 is 9.84 Å². The van der Waals surface area contributed by atoms with Crippen LogP contribution < -0.4 is 5.32 Å². The van der Waals surface area contributed by atoms with E-state index < -0.39 is 9.84 Å². The molecule has 0 saturated heterocycles. The molecule has 0 aliphatic heterocycles. The molecule has 0 aliphatic carbocycles. The van der Waals surface area contributed by atoms with Crippen molar-refractivity contribution in [3.8, 4) is 0 Å². The lowest BCUT2D eigenvalue weighted by atomic mass is 10.4. The van der Waals surface area contributed by atoms with Gasteiger partial charge in [0, 0.05) is 25.0 Å². The van der Waals surface area contributed by atoms with Gasteiger partial charge in [0.25, 0.3) is 0 Å². The summed E-state index contributed by atoms with van der Waals surface area (Å²) in [7, 11) is -2.86. The Bertz CT molecular complexity index is 437. The van der Waals surface area contributed by atoms with Gasteiger partial charge in [-0.15, -0.1) is 0 Å². The molecular weight excluding hydrogens is 226 g/mol. The van der Waals surface area contributed by atoms with Gasteiger partial charge in [-0.2, -0.15) is 5.10 Å². The third-order valence-corrected chi connectivity index (χ3v) is 3.20. The highest BCUT2D eigenvalue weighted by atomic mass is 32.2. The summed E-state index contributed by atoms with van der Waals surface area (Å²) in [4.78, 5) is 0. The van der Waals surface area contributed by atoms with Crippen molar-refractivity contribution in [1.29, 1.82) is 0 Å². The van der Waals surface area contributed by atoms with E-state index in [0.29, 0.717) is 6.54 Å². The highest BCUT2D eigenvalue weighted by Crippen LogP contribution is 2.00. The zero-order chi connectivity index (χ0) is 12.2. The van der Waals surface area contributed by atoms with Gasteiger partial charge >= 0.3 is 0 Å². The zero-order valence-electron chi connectivity index (χ0n) is 10.0. The summed E-state index contributed by atoms with van der Waals surface area (Å²) in [6, 6.07) is 2.02. The van der Waals surface area contributed by atoms with Crippen LogP contribution in [-0.2, 0) is 16.4 Å². The number of nitrogens with one attached hydrogen (secondary N) is 1. The molecule has 0 spiro atoms. The number of hydrogen-bond donors (Lipinski definition) is 1. The molecule has 16 heavy (non-hydrogen) atoms. The van der Waals surface area contributed by atoms with Crippen LogP contribution in [0.1, 0.15) is 11.4 Å². The van der Waals surface area contributed by atoms with Crippen LogP contribution >= 0.6 is 0 Å². The summed E-state index contributed by atoms with van der Waals surface area (Å²) >= 11 is 0. The quantitative estimate of drug-likeness (QED) is 0.724. The minimum Gasteiger partial charge on any atom is -0.314 e. The molecular formula is C10H19N3O2S. The zero-order valence-corrected chi connectivity index (χ0v) is 10.8. The van der Waals surface area contributed by atoms with Gasteiger partial charge < -0.3 is 5.32 Å². The Morgan fingerprint density at radius 1 is 1.38 bits per heavy atom. The highest BCUT2D eigenvalue weighted by molar-refractivity contribution is 7.90. The predicted molar refractivity (Wildman–Crippen MR) is 64.3 cm³/mol. The summed E-state index contributed by atoms with van der Waals surface area (Å²) in [5.41, 5.74) is 2.14. The molecule has 6 heteroatoms. The van der Waals surface area contributed by atoms with Crippen molar-refractivity contribution in [3.63, 3.8) is 0 Å². The van der Waals surface area contributed by atoms with Crippen molar-refractivity contribution < 1.29 is 8.42 Å². The summed E-state index contributed by atoms with van der Waals surface area (Å²) in [5.74, 6) is 0.185. The Kier molecular flexibility index (Phi) is 4.49. The maximum absolute atomic E-state index is 10.9. The van der Waals surface area contributed by atoms with Crippen molar-refractivity contribution in [2.45, 2.75) is 20.4 Å². The molecule has 1 aromatic rings. The fraction of sp³-hybridized carbons (Fsp3) is 0.700. The first-order valence-electron chi connectivity index (χ1n) is 5.28. The van der Waals surface area contributed by atoms with Gasteiger partial charge in [-0.25, -0.2) is 8.42 Å². The number of hydrogen-bond acceptors (Lipinski definition) is 4. The molecule has 1 aromatic heterocycles. The Labute approximate surface area is 96.8 Å². The van der Waals surface area contributed by atoms with E-state index in [4.69, 9.17) is 0 Å². The molecule has 0 fully saturated rings. The number of aromatic nitrogens is 2. The van der Waals surface area contributed by atoms with E-state index in [9.17, 15) is 8.42 Å². The van der Waals surface area contributed by atoms with Gasteiger partial charge in [-0.3, -0.25) is 4.68 Å². The molecule has 0 saturated carbocycles. The average molecular weight is 245 g/mol.